The molecule has 0 saturated carbocycles. The highest BCUT2D eigenvalue weighted by atomic mass is 16.6. The standard InChI is InChI=1S/C65H118O6/c1-4-7-10-13-16-19-22-25-28-30-32-34-37-40-43-46-49-52-55-58-64(67)70-61-62(60-69-63(66)57-54-51-48-45-42-39-36-27-24-21-18-15-12-9-6-3)71-65(68)59-56-53-50-47-44-41-38-35-33-31-29-26-23-20-17-14-11-8-5-2/h16,19,25-26,28-29,32,34,62H,4-15,17-18,20-24,27,30-31,33,35-61H2,1-3H3/b19-16-,28-25-,29-26-,34-32-. The zero-order valence-electron chi connectivity index (χ0n) is 47.5. The lowest BCUT2D eigenvalue weighted by Gasteiger charge is -2.18. The highest BCUT2D eigenvalue weighted by molar-refractivity contribution is 5.71. The molecule has 0 radical (unpaired) electrons. The Bertz CT molecular complexity index is 1230. The van der Waals surface area contributed by atoms with Crippen LogP contribution in [0.1, 0.15) is 329 Å². The zero-order valence-corrected chi connectivity index (χ0v) is 47.5. The molecule has 0 fully saturated rings. The van der Waals surface area contributed by atoms with Crippen LogP contribution < -0.4 is 0 Å². The Morgan fingerprint density at radius 1 is 0.282 bits per heavy atom. The van der Waals surface area contributed by atoms with Gasteiger partial charge >= 0.3 is 17.9 Å². The summed E-state index contributed by atoms with van der Waals surface area (Å²) in [5, 5.41) is 0. The van der Waals surface area contributed by atoms with Crippen LogP contribution in [0.4, 0.5) is 0 Å². The van der Waals surface area contributed by atoms with E-state index in [4.69, 9.17) is 14.2 Å². The van der Waals surface area contributed by atoms with E-state index in [1.54, 1.807) is 0 Å². The fourth-order valence-electron chi connectivity index (χ4n) is 9.09. The molecule has 0 saturated heterocycles. The first-order valence-corrected chi connectivity index (χ1v) is 31.1. The van der Waals surface area contributed by atoms with E-state index >= 15 is 0 Å². The van der Waals surface area contributed by atoms with Gasteiger partial charge in [0.25, 0.3) is 0 Å². The Morgan fingerprint density at radius 2 is 0.507 bits per heavy atom. The largest absolute Gasteiger partial charge is 0.462 e. The van der Waals surface area contributed by atoms with Gasteiger partial charge in [-0.25, -0.2) is 0 Å². The van der Waals surface area contributed by atoms with Gasteiger partial charge in [0.1, 0.15) is 13.2 Å². The van der Waals surface area contributed by atoms with E-state index in [0.29, 0.717) is 19.3 Å². The van der Waals surface area contributed by atoms with Gasteiger partial charge in [-0.05, 0) is 83.5 Å². The van der Waals surface area contributed by atoms with E-state index in [2.05, 4.69) is 69.4 Å². The monoisotopic (exact) mass is 995 g/mol. The molecule has 1 unspecified atom stereocenters. The van der Waals surface area contributed by atoms with Crippen LogP contribution in [0.25, 0.3) is 0 Å². The van der Waals surface area contributed by atoms with Gasteiger partial charge in [0.05, 0.1) is 0 Å². The Kier molecular flexibility index (Phi) is 57.7. The van der Waals surface area contributed by atoms with Crippen LogP contribution in [0.5, 0.6) is 0 Å². The van der Waals surface area contributed by atoms with Gasteiger partial charge in [-0.1, -0.05) is 275 Å². The van der Waals surface area contributed by atoms with Crippen molar-refractivity contribution < 1.29 is 28.6 Å². The summed E-state index contributed by atoms with van der Waals surface area (Å²) in [5.41, 5.74) is 0. The average Bonchev–Trinajstić information content (AvgIpc) is 3.37. The van der Waals surface area contributed by atoms with Gasteiger partial charge in [-0.15, -0.1) is 0 Å². The maximum absolute atomic E-state index is 12.9. The molecule has 0 aliphatic heterocycles. The summed E-state index contributed by atoms with van der Waals surface area (Å²) in [7, 11) is 0. The number of hydrogen-bond acceptors (Lipinski definition) is 6. The fraction of sp³-hybridized carbons (Fsp3) is 0.831. The first-order chi connectivity index (χ1) is 35.0. The van der Waals surface area contributed by atoms with E-state index in [9.17, 15) is 14.4 Å². The molecule has 0 aliphatic carbocycles. The van der Waals surface area contributed by atoms with Gasteiger partial charge in [0.2, 0.25) is 0 Å². The van der Waals surface area contributed by atoms with Crippen LogP contribution in [0.15, 0.2) is 48.6 Å². The van der Waals surface area contributed by atoms with E-state index in [-0.39, 0.29) is 31.1 Å². The molecule has 1 atom stereocenters. The minimum absolute atomic E-state index is 0.0746. The molecule has 0 heterocycles. The van der Waals surface area contributed by atoms with Crippen molar-refractivity contribution in [2.45, 2.75) is 335 Å². The second-order valence-electron chi connectivity index (χ2n) is 21.0. The lowest BCUT2D eigenvalue weighted by atomic mass is 10.0. The molecule has 0 aromatic rings. The molecule has 0 aromatic carbocycles. The van der Waals surface area contributed by atoms with Gasteiger partial charge in [-0.2, -0.15) is 0 Å². The average molecular weight is 996 g/mol. The minimum Gasteiger partial charge on any atom is -0.462 e. The van der Waals surface area contributed by atoms with E-state index in [1.807, 2.05) is 0 Å². The van der Waals surface area contributed by atoms with E-state index < -0.39 is 6.10 Å². The SMILES string of the molecule is CCCCC/C=C\C/C=C\C/C=C\CCCCCCCCC(=O)OCC(COC(=O)CCCCCCCCCCCCCCCCC)OC(=O)CCCCCCCCCCC/C=C\CCCCCCCC. The van der Waals surface area contributed by atoms with E-state index in [1.165, 1.54) is 212 Å². The lowest BCUT2D eigenvalue weighted by Crippen LogP contribution is -2.30. The smallest absolute Gasteiger partial charge is 0.306 e. The van der Waals surface area contributed by atoms with Crippen LogP contribution in [-0.2, 0) is 28.6 Å². The van der Waals surface area contributed by atoms with Crippen molar-refractivity contribution >= 4 is 17.9 Å². The second-order valence-corrected chi connectivity index (χ2v) is 21.0. The number of hydrogen-bond donors (Lipinski definition) is 0. The van der Waals surface area contributed by atoms with Crippen LogP contribution in [0, 0.1) is 0 Å². The first-order valence-electron chi connectivity index (χ1n) is 31.1. The Morgan fingerprint density at radius 3 is 0.831 bits per heavy atom. The number of allylic oxidation sites excluding steroid dienone is 8. The predicted octanol–water partition coefficient (Wildman–Crippen LogP) is 21.0. The number of ether oxygens (including phenoxy) is 3. The highest BCUT2D eigenvalue weighted by Gasteiger charge is 2.19. The molecule has 0 aromatic heterocycles. The molecule has 6 heteroatoms. The summed E-state index contributed by atoms with van der Waals surface area (Å²) in [6.07, 6.45) is 73.9. The molecule has 414 valence electrons. The first kappa shape index (κ1) is 68.4. The van der Waals surface area contributed by atoms with Crippen molar-refractivity contribution in [1.29, 1.82) is 0 Å². The van der Waals surface area contributed by atoms with Crippen molar-refractivity contribution in [3.05, 3.63) is 48.6 Å². The summed E-state index contributed by atoms with van der Waals surface area (Å²) >= 11 is 0. The second kappa shape index (κ2) is 59.9. The van der Waals surface area contributed by atoms with Crippen molar-refractivity contribution in [3.8, 4) is 0 Å². The molecule has 0 spiro atoms. The quantitative estimate of drug-likeness (QED) is 0.0261. The topological polar surface area (TPSA) is 78.9 Å². The maximum Gasteiger partial charge on any atom is 0.306 e. The third-order valence-corrected chi connectivity index (χ3v) is 13.8. The van der Waals surface area contributed by atoms with Gasteiger partial charge in [-0.3, -0.25) is 14.4 Å². The molecule has 0 N–H and O–H groups in total. The number of esters is 3. The molecule has 71 heavy (non-hydrogen) atoms. The van der Waals surface area contributed by atoms with E-state index in [0.717, 1.165) is 77.0 Å². The third-order valence-electron chi connectivity index (χ3n) is 13.8. The number of carbonyl (C=O) groups excluding carboxylic acids is 3. The molecular weight excluding hydrogens is 877 g/mol. The summed E-state index contributed by atoms with van der Waals surface area (Å²) in [5.74, 6) is -0.870. The Labute approximate surface area is 441 Å². The van der Waals surface area contributed by atoms with Crippen LogP contribution in [0.3, 0.4) is 0 Å². The molecule has 0 amide bonds. The third kappa shape index (κ3) is 58.1. The maximum atomic E-state index is 12.9. The molecular formula is C65H118O6. The van der Waals surface area contributed by atoms with Gasteiger partial charge < -0.3 is 14.2 Å². The molecule has 0 rings (SSSR count). The van der Waals surface area contributed by atoms with Crippen molar-refractivity contribution in [2.75, 3.05) is 13.2 Å². The predicted molar refractivity (Wildman–Crippen MR) is 307 cm³/mol. The molecule has 0 aliphatic rings. The number of unbranched alkanes of at least 4 members (excludes halogenated alkanes) is 38. The van der Waals surface area contributed by atoms with Crippen molar-refractivity contribution in [3.63, 3.8) is 0 Å². The van der Waals surface area contributed by atoms with Crippen LogP contribution in [0.2, 0.25) is 0 Å². The summed E-state index contributed by atoms with van der Waals surface area (Å²) < 4.78 is 16.9. The lowest BCUT2D eigenvalue weighted by molar-refractivity contribution is -0.167. The molecule has 0 bridgehead atoms. The Balaban J connectivity index is 4.37. The number of carbonyl (C=O) groups is 3. The summed E-state index contributed by atoms with van der Waals surface area (Å²) in [6.45, 7) is 6.64. The zero-order chi connectivity index (χ0) is 51.4. The molecule has 6 nitrogen and oxygen atoms in total. The summed E-state index contributed by atoms with van der Waals surface area (Å²) in [6, 6.07) is 0. The van der Waals surface area contributed by atoms with Gasteiger partial charge in [0.15, 0.2) is 6.10 Å². The van der Waals surface area contributed by atoms with Gasteiger partial charge in [0, 0.05) is 19.3 Å². The fourth-order valence-corrected chi connectivity index (χ4v) is 9.09. The normalized spacial score (nSPS) is 12.3. The minimum atomic E-state index is -0.778. The number of rotatable bonds is 57. The van der Waals surface area contributed by atoms with Crippen LogP contribution in [-0.4, -0.2) is 37.2 Å². The summed E-state index contributed by atoms with van der Waals surface area (Å²) in [4.78, 5) is 38.3. The van der Waals surface area contributed by atoms with Crippen LogP contribution >= 0.6 is 0 Å². The highest BCUT2D eigenvalue weighted by Crippen LogP contribution is 2.17. The van der Waals surface area contributed by atoms with Crippen molar-refractivity contribution in [1.82, 2.24) is 0 Å². The van der Waals surface area contributed by atoms with Crippen molar-refractivity contribution in [2.24, 2.45) is 0 Å². The Hall–Kier alpha value is -2.63.